The molecule has 1 aliphatic rings. The van der Waals surface area contributed by atoms with E-state index >= 15 is 0 Å². The molecule has 0 amide bonds. The molecule has 2 aromatic rings. The third kappa shape index (κ3) is 3.24. The maximum Gasteiger partial charge on any atom is 0.338 e. The van der Waals surface area contributed by atoms with Gasteiger partial charge in [0.05, 0.1) is 12.7 Å². The van der Waals surface area contributed by atoms with Crippen LogP contribution in [0.4, 0.5) is 0 Å². The lowest BCUT2D eigenvalue weighted by Crippen LogP contribution is -2.34. The summed E-state index contributed by atoms with van der Waals surface area (Å²) in [6.45, 7) is 0. The Morgan fingerprint density at radius 2 is 2.25 bits per heavy atom. The number of esters is 1. The van der Waals surface area contributed by atoms with Crippen LogP contribution in [0.25, 0.3) is 0 Å². The van der Waals surface area contributed by atoms with Crippen molar-refractivity contribution in [2.75, 3.05) is 12.4 Å². The number of carbonyl (C=O) groups excluding carboxylic acids is 1. The van der Waals surface area contributed by atoms with Crippen molar-refractivity contribution < 1.29 is 9.53 Å². The summed E-state index contributed by atoms with van der Waals surface area (Å²) in [5, 5.41) is 6.78. The van der Waals surface area contributed by atoms with E-state index < -0.39 is 12.0 Å². The second-order valence-electron chi connectivity index (χ2n) is 4.88. The van der Waals surface area contributed by atoms with Gasteiger partial charge in [0.15, 0.2) is 10.8 Å². The van der Waals surface area contributed by atoms with Gasteiger partial charge in [-0.2, -0.15) is 0 Å². The summed E-state index contributed by atoms with van der Waals surface area (Å²) in [6, 6.07) is 6.78. The number of methoxy groups -OCH3 is 1. The normalized spacial score (nSPS) is 17.3. The van der Waals surface area contributed by atoms with Gasteiger partial charge in [0, 0.05) is 33.2 Å². The average molecular weight is 427 g/mol. The lowest BCUT2D eigenvalue weighted by Gasteiger charge is -2.26. The zero-order valence-corrected chi connectivity index (χ0v) is 15.8. The Morgan fingerprint density at radius 1 is 1.46 bits per heavy atom. The van der Waals surface area contributed by atoms with E-state index in [0.717, 1.165) is 10.6 Å². The third-order valence-corrected chi connectivity index (χ3v) is 5.18. The van der Waals surface area contributed by atoms with E-state index in [4.69, 9.17) is 21.3 Å². The molecule has 24 heavy (non-hydrogen) atoms. The second-order valence-corrected chi connectivity index (χ2v) is 6.74. The van der Waals surface area contributed by atoms with Gasteiger partial charge in [-0.3, -0.25) is 4.99 Å². The van der Waals surface area contributed by atoms with E-state index in [2.05, 4.69) is 26.2 Å². The van der Waals surface area contributed by atoms with Crippen LogP contribution in [0, 0.1) is 0 Å². The molecular formula is C16H13BrClN3O2S. The van der Waals surface area contributed by atoms with E-state index in [1.54, 1.807) is 12.3 Å². The first-order valence-corrected chi connectivity index (χ1v) is 9.40. The van der Waals surface area contributed by atoms with Crippen LogP contribution in [-0.4, -0.2) is 29.2 Å². The Balaban J connectivity index is 2.16. The number of nitrogens with one attached hydrogen (secondary N) is 1. The molecule has 8 heteroatoms. The molecule has 0 spiro atoms. The number of hydrogen-bond acceptors (Lipinski definition) is 6. The van der Waals surface area contributed by atoms with Gasteiger partial charge in [-0.15, -0.1) is 11.3 Å². The molecule has 1 atom stereocenters. The van der Waals surface area contributed by atoms with Crippen molar-refractivity contribution in [1.29, 1.82) is 0 Å². The monoisotopic (exact) mass is 425 g/mol. The number of ether oxygens (including phenoxy) is 1. The summed E-state index contributed by atoms with van der Waals surface area (Å²) in [6.07, 6.45) is 1.71. The highest BCUT2D eigenvalue weighted by Crippen LogP contribution is 2.36. The number of benzene rings is 1. The molecule has 124 valence electrons. The van der Waals surface area contributed by atoms with Crippen LogP contribution in [0.2, 0.25) is 5.02 Å². The van der Waals surface area contributed by atoms with Gasteiger partial charge >= 0.3 is 5.97 Å². The summed E-state index contributed by atoms with van der Waals surface area (Å²) in [7, 11) is 1.35. The fourth-order valence-electron chi connectivity index (χ4n) is 2.42. The number of thiazole rings is 1. The Hall–Kier alpha value is -1.70. The van der Waals surface area contributed by atoms with E-state index in [9.17, 15) is 4.79 Å². The van der Waals surface area contributed by atoms with Crippen LogP contribution in [0.3, 0.4) is 0 Å². The standard InChI is InChI=1S/C16H13BrClN3O2S/c1-23-16(22)12-11(8-17)20-14(15-19-6-7-24-15)21-13(12)9-4-2-3-5-10(9)18/h2-7,13H,8H2,1H3,(H,20,21). The van der Waals surface area contributed by atoms with Gasteiger partial charge in [-0.25, -0.2) is 9.78 Å². The summed E-state index contributed by atoms with van der Waals surface area (Å²) >= 11 is 11.2. The Morgan fingerprint density at radius 3 is 2.88 bits per heavy atom. The van der Waals surface area contributed by atoms with Crippen molar-refractivity contribution in [3.63, 3.8) is 0 Å². The smallest absolute Gasteiger partial charge is 0.338 e. The molecular weight excluding hydrogens is 414 g/mol. The first kappa shape index (κ1) is 17.1. The molecule has 5 nitrogen and oxygen atoms in total. The summed E-state index contributed by atoms with van der Waals surface area (Å²) in [5.41, 5.74) is 1.86. The highest BCUT2D eigenvalue weighted by atomic mass is 79.9. The number of aliphatic imine (C=N–C) groups is 1. The Bertz CT molecular complexity index is 820. The zero-order chi connectivity index (χ0) is 17.1. The van der Waals surface area contributed by atoms with Crippen molar-refractivity contribution in [3.05, 3.63) is 62.7 Å². The minimum Gasteiger partial charge on any atom is -0.466 e. The molecule has 0 saturated heterocycles. The van der Waals surface area contributed by atoms with Gasteiger partial charge in [0.1, 0.15) is 6.04 Å². The lowest BCUT2D eigenvalue weighted by atomic mass is 9.96. The molecule has 1 aromatic carbocycles. The van der Waals surface area contributed by atoms with Crippen LogP contribution in [0.15, 0.2) is 52.1 Å². The fourth-order valence-corrected chi connectivity index (χ4v) is 3.69. The van der Waals surface area contributed by atoms with E-state index in [0.29, 0.717) is 27.5 Å². The number of halogens is 2. The van der Waals surface area contributed by atoms with Gasteiger partial charge in [0.2, 0.25) is 0 Å². The van der Waals surface area contributed by atoms with Crippen LogP contribution in [0.5, 0.6) is 0 Å². The first-order chi connectivity index (χ1) is 11.7. The number of alkyl halides is 1. The third-order valence-electron chi connectivity index (χ3n) is 3.50. The zero-order valence-electron chi connectivity index (χ0n) is 12.6. The minimum atomic E-state index is -0.557. The van der Waals surface area contributed by atoms with Crippen LogP contribution >= 0.6 is 38.9 Å². The van der Waals surface area contributed by atoms with Crippen molar-refractivity contribution in [2.24, 2.45) is 4.99 Å². The number of amidine groups is 1. The van der Waals surface area contributed by atoms with Crippen LogP contribution < -0.4 is 5.32 Å². The number of nitrogens with zero attached hydrogens (tertiary/aromatic N) is 2. The molecule has 1 N–H and O–H groups in total. The van der Waals surface area contributed by atoms with Crippen LogP contribution in [0.1, 0.15) is 16.6 Å². The molecule has 3 rings (SSSR count). The molecule has 1 aromatic heterocycles. The highest BCUT2D eigenvalue weighted by molar-refractivity contribution is 9.09. The molecule has 0 saturated carbocycles. The van der Waals surface area contributed by atoms with Gasteiger partial charge in [-0.05, 0) is 6.07 Å². The predicted molar refractivity (Wildman–Crippen MR) is 98.8 cm³/mol. The minimum absolute atomic E-state index is 0.433. The fraction of sp³-hybridized carbons (Fsp3) is 0.188. The molecule has 0 fully saturated rings. The maximum atomic E-state index is 12.4. The average Bonchev–Trinajstić information content (AvgIpc) is 3.15. The molecule has 1 unspecified atom stereocenters. The van der Waals surface area contributed by atoms with Gasteiger partial charge < -0.3 is 10.1 Å². The van der Waals surface area contributed by atoms with E-state index in [1.807, 2.05) is 23.6 Å². The molecule has 0 aliphatic carbocycles. The number of carbonyl (C=O) groups is 1. The number of hydrogen-bond donors (Lipinski definition) is 1. The van der Waals surface area contributed by atoms with Gasteiger partial charge in [0.25, 0.3) is 0 Å². The summed E-state index contributed by atoms with van der Waals surface area (Å²) in [5.74, 6) is 0.167. The largest absolute Gasteiger partial charge is 0.466 e. The van der Waals surface area contributed by atoms with Crippen molar-refractivity contribution in [1.82, 2.24) is 10.3 Å². The lowest BCUT2D eigenvalue weighted by molar-refractivity contribution is -0.136. The number of allylic oxidation sites excluding steroid dienone is 1. The summed E-state index contributed by atoms with van der Waals surface area (Å²) < 4.78 is 4.96. The van der Waals surface area contributed by atoms with Gasteiger partial charge in [-0.1, -0.05) is 45.7 Å². The van der Waals surface area contributed by atoms with Crippen molar-refractivity contribution in [2.45, 2.75) is 6.04 Å². The molecule has 2 heterocycles. The molecule has 1 aliphatic heterocycles. The SMILES string of the molecule is COC(=O)C1=C(CBr)NC(c2nccs2)=NC1c1ccccc1Cl. The molecule has 0 bridgehead atoms. The maximum absolute atomic E-state index is 12.4. The van der Waals surface area contributed by atoms with E-state index in [-0.39, 0.29) is 0 Å². The number of rotatable bonds is 4. The Kier molecular flexibility index (Phi) is 5.33. The second kappa shape index (κ2) is 7.46. The summed E-state index contributed by atoms with van der Waals surface area (Å²) in [4.78, 5) is 21.3. The van der Waals surface area contributed by atoms with E-state index in [1.165, 1.54) is 18.4 Å². The first-order valence-electron chi connectivity index (χ1n) is 7.02. The topological polar surface area (TPSA) is 63.6 Å². The Labute approximate surface area is 156 Å². The predicted octanol–water partition coefficient (Wildman–Crippen LogP) is 3.71. The highest BCUT2D eigenvalue weighted by Gasteiger charge is 2.33. The quantitative estimate of drug-likeness (QED) is 0.598. The van der Waals surface area contributed by atoms with Crippen molar-refractivity contribution >= 4 is 50.7 Å². The number of aromatic nitrogens is 1. The van der Waals surface area contributed by atoms with Crippen molar-refractivity contribution in [3.8, 4) is 0 Å². The van der Waals surface area contributed by atoms with Crippen LogP contribution in [-0.2, 0) is 9.53 Å². The molecule has 0 radical (unpaired) electrons.